The van der Waals surface area contributed by atoms with Gasteiger partial charge in [-0.3, -0.25) is 9.36 Å². The van der Waals surface area contributed by atoms with Gasteiger partial charge in [-0.2, -0.15) is 0 Å². The molecule has 170 valence electrons. The summed E-state index contributed by atoms with van der Waals surface area (Å²) in [7, 11) is -3.05. The average molecular weight is 491 g/mol. The van der Waals surface area contributed by atoms with Crippen LogP contribution in [-0.4, -0.2) is 63.8 Å². The molecular formula is C22H26N4O3S3. The second-order valence-electron chi connectivity index (χ2n) is 7.79. The molecule has 1 aliphatic heterocycles. The summed E-state index contributed by atoms with van der Waals surface area (Å²) in [6.45, 7) is 3.18. The van der Waals surface area contributed by atoms with E-state index in [2.05, 4.69) is 22.3 Å². The van der Waals surface area contributed by atoms with Crippen LogP contribution in [-0.2, 0) is 21.2 Å². The van der Waals surface area contributed by atoms with Gasteiger partial charge < -0.3 is 4.90 Å². The van der Waals surface area contributed by atoms with Gasteiger partial charge in [-0.15, -0.1) is 21.5 Å². The van der Waals surface area contributed by atoms with Crippen molar-refractivity contribution in [2.24, 2.45) is 0 Å². The average Bonchev–Trinajstić information content (AvgIpc) is 3.51. The van der Waals surface area contributed by atoms with Crippen LogP contribution in [0.4, 0.5) is 0 Å². The molecule has 0 N–H and O–H groups in total. The van der Waals surface area contributed by atoms with E-state index in [1.165, 1.54) is 11.8 Å². The van der Waals surface area contributed by atoms with Crippen molar-refractivity contribution in [1.29, 1.82) is 0 Å². The molecule has 0 saturated carbocycles. The van der Waals surface area contributed by atoms with Gasteiger partial charge in [0.15, 0.2) is 20.8 Å². The van der Waals surface area contributed by atoms with Gasteiger partial charge in [-0.25, -0.2) is 8.42 Å². The molecule has 10 heteroatoms. The summed E-state index contributed by atoms with van der Waals surface area (Å²) >= 11 is 2.96. The minimum absolute atomic E-state index is 0.0501. The van der Waals surface area contributed by atoms with Crippen molar-refractivity contribution >= 4 is 38.8 Å². The van der Waals surface area contributed by atoms with Crippen molar-refractivity contribution in [3.05, 3.63) is 53.4 Å². The Bertz CT molecular complexity index is 1140. The minimum atomic E-state index is -3.05. The molecule has 1 saturated heterocycles. The number of nitrogens with zero attached hydrogens (tertiary/aromatic N) is 4. The van der Waals surface area contributed by atoms with Gasteiger partial charge >= 0.3 is 0 Å². The number of benzene rings is 1. The predicted molar refractivity (Wildman–Crippen MR) is 129 cm³/mol. The normalized spacial score (nSPS) is 17.5. The molecule has 1 amide bonds. The number of sulfone groups is 1. The third kappa shape index (κ3) is 5.41. The Morgan fingerprint density at radius 1 is 1.22 bits per heavy atom. The van der Waals surface area contributed by atoms with Gasteiger partial charge in [0.2, 0.25) is 5.91 Å². The van der Waals surface area contributed by atoms with Crippen LogP contribution in [0.2, 0.25) is 0 Å². The third-order valence-corrected chi connectivity index (χ3v) is 8.97. The largest absolute Gasteiger partial charge is 0.338 e. The molecule has 4 rings (SSSR count). The zero-order valence-electron chi connectivity index (χ0n) is 17.9. The minimum Gasteiger partial charge on any atom is -0.338 e. The smallest absolute Gasteiger partial charge is 0.233 e. The standard InChI is InChI=1S/C22H26N4O3S3/c1-2-11-25(18-10-13-32(28,29)16-18)20(27)15-31-22-24-23-21(19-9-6-12-30-19)26(22)14-17-7-4-3-5-8-17/h3-9,12,18H,2,10-11,13-16H2,1H3/t18-/m1/s1. The number of aromatic nitrogens is 3. The molecule has 1 atom stereocenters. The summed E-state index contributed by atoms with van der Waals surface area (Å²) in [5, 5.41) is 11.5. The molecule has 0 radical (unpaired) electrons. The van der Waals surface area contributed by atoms with Crippen LogP contribution in [0.5, 0.6) is 0 Å². The molecule has 2 aromatic heterocycles. The highest BCUT2D eigenvalue weighted by molar-refractivity contribution is 7.99. The van der Waals surface area contributed by atoms with Gasteiger partial charge in [0.25, 0.3) is 0 Å². The van der Waals surface area contributed by atoms with Crippen molar-refractivity contribution in [3.63, 3.8) is 0 Å². The highest BCUT2D eigenvalue weighted by Gasteiger charge is 2.34. The first-order valence-corrected chi connectivity index (χ1v) is 14.3. The molecule has 1 fully saturated rings. The van der Waals surface area contributed by atoms with Gasteiger partial charge in [-0.05, 0) is 29.9 Å². The number of amides is 1. The number of hydrogen-bond acceptors (Lipinski definition) is 7. The Morgan fingerprint density at radius 3 is 2.69 bits per heavy atom. The Balaban J connectivity index is 1.52. The summed E-state index contributed by atoms with van der Waals surface area (Å²) in [5.74, 6) is 1.16. The summed E-state index contributed by atoms with van der Waals surface area (Å²) in [6.07, 6.45) is 1.31. The molecular weight excluding hydrogens is 464 g/mol. The van der Waals surface area contributed by atoms with Crippen LogP contribution in [0.3, 0.4) is 0 Å². The van der Waals surface area contributed by atoms with Crippen molar-refractivity contribution in [2.45, 2.75) is 37.5 Å². The molecule has 32 heavy (non-hydrogen) atoms. The SMILES string of the molecule is CCCN(C(=O)CSc1nnc(-c2cccs2)n1Cc1ccccc1)[C@@H]1CCS(=O)(=O)C1. The fourth-order valence-electron chi connectivity index (χ4n) is 3.87. The number of carbonyl (C=O) groups is 1. The predicted octanol–water partition coefficient (Wildman–Crippen LogP) is 3.57. The number of thiophene rings is 1. The van der Waals surface area contributed by atoms with E-state index in [-0.39, 0.29) is 29.2 Å². The zero-order chi connectivity index (χ0) is 22.6. The van der Waals surface area contributed by atoms with E-state index in [1.54, 1.807) is 16.2 Å². The van der Waals surface area contributed by atoms with E-state index in [1.807, 2.05) is 47.2 Å². The van der Waals surface area contributed by atoms with Gasteiger partial charge in [0.05, 0.1) is 28.7 Å². The number of hydrogen-bond donors (Lipinski definition) is 0. The maximum absolute atomic E-state index is 13.1. The molecule has 3 heterocycles. The molecule has 0 aliphatic carbocycles. The molecule has 0 bridgehead atoms. The Morgan fingerprint density at radius 2 is 2.03 bits per heavy atom. The molecule has 3 aromatic rings. The lowest BCUT2D eigenvalue weighted by Crippen LogP contribution is -2.42. The summed E-state index contributed by atoms with van der Waals surface area (Å²) in [5.41, 5.74) is 1.13. The van der Waals surface area contributed by atoms with Crippen LogP contribution in [0, 0.1) is 0 Å². The van der Waals surface area contributed by atoms with Crippen molar-refractivity contribution < 1.29 is 13.2 Å². The third-order valence-electron chi connectivity index (χ3n) is 5.40. The molecule has 7 nitrogen and oxygen atoms in total. The first-order chi connectivity index (χ1) is 15.5. The molecule has 0 unspecified atom stereocenters. The molecule has 1 aromatic carbocycles. The highest BCUT2D eigenvalue weighted by Crippen LogP contribution is 2.29. The summed E-state index contributed by atoms with van der Waals surface area (Å²) < 4.78 is 25.9. The van der Waals surface area contributed by atoms with Crippen LogP contribution >= 0.6 is 23.1 Å². The van der Waals surface area contributed by atoms with Crippen LogP contribution in [0.15, 0.2) is 53.0 Å². The monoisotopic (exact) mass is 490 g/mol. The van der Waals surface area contributed by atoms with Gasteiger partial charge in [-0.1, -0.05) is 55.1 Å². The number of thioether (sulfide) groups is 1. The van der Waals surface area contributed by atoms with Crippen molar-refractivity contribution in [3.8, 4) is 10.7 Å². The Hall–Kier alpha value is -2.17. The summed E-state index contributed by atoms with van der Waals surface area (Å²) in [6, 6.07) is 13.9. The number of carbonyl (C=O) groups excluding carboxylic acids is 1. The van der Waals surface area contributed by atoms with E-state index >= 15 is 0 Å². The van der Waals surface area contributed by atoms with Gasteiger partial charge in [0, 0.05) is 12.6 Å². The first kappa shape index (κ1) is 23.0. The molecule has 0 spiro atoms. The van der Waals surface area contributed by atoms with E-state index in [0.717, 1.165) is 22.7 Å². The van der Waals surface area contributed by atoms with E-state index in [4.69, 9.17) is 0 Å². The van der Waals surface area contributed by atoms with E-state index < -0.39 is 9.84 Å². The van der Waals surface area contributed by atoms with Gasteiger partial charge in [0.1, 0.15) is 0 Å². The fraction of sp³-hybridized carbons (Fsp3) is 0.409. The molecule has 1 aliphatic rings. The van der Waals surface area contributed by atoms with Crippen LogP contribution in [0.25, 0.3) is 10.7 Å². The lowest BCUT2D eigenvalue weighted by atomic mass is 10.2. The zero-order valence-corrected chi connectivity index (χ0v) is 20.3. The van der Waals surface area contributed by atoms with Crippen molar-refractivity contribution in [1.82, 2.24) is 19.7 Å². The Kier molecular flexibility index (Phi) is 7.32. The summed E-state index contributed by atoms with van der Waals surface area (Å²) in [4.78, 5) is 15.8. The highest BCUT2D eigenvalue weighted by atomic mass is 32.2. The fourth-order valence-corrected chi connectivity index (χ4v) is 7.15. The second-order valence-corrected chi connectivity index (χ2v) is 11.9. The first-order valence-electron chi connectivity index (χ1n) is 10.6. The lowest BCUT2D eigenvalue weighted by Gasteiger charge is -2.27. The lowest BCUT2D eigenvalue weighted by molar-refractivity contribution is -0.130. The van der Waals surface area contributed by atoms with E-state index in [9.17, 15) is 13.2 Å². The number of rotatable bonds is 9. The van der Waals surface area contributed by atoms with E-state index in [0.29, 0.717) is 24.7 Å². The Labute approximate surface area is 196 Å². The quantitative estimate of drug-likeness (QED) is 0.426. The van der Waals surface area contributed by atoms with Crippen LogP contribution < -0.4 is 0 Å². The topological polar surface area (TPSA) is 85.2 Å². The maximum atomic E-state index is 13.1. The maximum Gasteiger partial charge on any atom is 0.233 e. The second kappa shape index (κ2) is 10.2. The van der Waals surface area contributed by atoms with Crippen LogP contribution in [0.1, 0.15) is 25.3 Å². The van der Waals surface area contributed by atoms with Crippen molar-refractivity contribution in [2.75, 3.05) is 23.8 Å².